The summed E-state index contributed by atoms with van der Waals surface area (Å²) in [5, 5.41) is 12.9. The van der Waals surface area contributed by atoms with Gasteiger partial charge in [-0.25, -0.2) is 9.18 Å². The van der Waals surface area contributed by atoms with Gasteiger partial charge in [0.15, 0.2) is 0 Å². The van der Waals surface area contributed by atoms with Gasteiger partial charge in [0.1, 0.15) is 5.82 Å². The number of aliphatic hydroxyl groups excluding tert-OH is 1. The predicted octanol–water partition coefficient (Wildman–Crippen LogP) is 3.17. The Morgan fingerprint density at radius 2 is 2.26 bits per heavy atom. The summed E-state index contributed by atoms with van der Waals surface area (Å²) in [6.07, 6.45) is 3.31. The summed E-state index contributed by atoms with van der Waals surface area (Å²) in [5.74, 6) is 0.805. The highest BCUT2D eigenvalue weighted by atomic mass is 32.2. The highest BCUT2D eigenvalue weighted by Crippen LogP contribution is 2.36. The van der Waals surface area contributed by atoms with Crippen LogP contribution in [0.15, 0.2) is 23.1 Å². The molecule has 126 valence electrons. The van der Waals surface area contributed by atoms with E-state index >= 15 is 0 Å². The Morgan fingerprint density at radius 1 is 1.43 bits per heavy atom. The normalized spacial score (nSPS) is 26.7. The molecule has 1 aromatic carbocycles. The zero-order chi connectivity index (χ0) is 16.4. The van der Waals surface area contributed by atoms with Crippen LogP contribution in [0.2, 0.25) is 0 Å². The van der Waals surface area contributed by atoms with E-state index < -0.39 is 0 Å². The minimum absolute atomic E-state index is 0.148. The molecule has 2 N–H and O–H groups in total. The fraction of sp³-hybridized carbons (Fsp3) is 0.588. The molecule has 2 aliphatic rings. The SMILES string of the molecule is CN(CC1CCCC1O)C(=O)NC1CCSc2ccc(F)cc21. The molecule has 0 saturated heterocycles. The highest BCUT2D eigenvalue weighted by molar-refractivity contribution is 7.99. The first-order valence-corrected chi connectivity index (χ1v) is 9.15. The Labute approximate surface area is 140 Å². The number of fused-ring (bicyclic) bond motifs is 1. The number of hydrogen-bond donors (Lipinski definition) is 2. The van der Waals surface area contributed by atoms with Gasteiger partial charge >= 0.3 is 6.03 Å². The smallest absolute Gasteiger partial charge is 0.317 e. The van der Waals surface area contributed by atoms with E-state index in [2.05, 4.69) is 5.32 Å². The van der Waals surface area contributed by atoms with Crippen molar-refractivity contribution in [3.63, 3.8) is 0 Å². The van der Waals surface area contributed by atoms with E-state index in [1.807, 2.05) is 0 Å². The maximum atomic E-state index is 13.5. The van der Waals surface area contributed by atoms with Gasteiger partial charge in [0.2, 0.25) is 0 Å². The molecular weight excluding hydrogens is 315 g/mol. The standard InChI is InChI=1S/C17H23FN2O2S/c1-20(10-11-3-2-4-15(11)21)17(22)19-14-7-8-23-16-6-5-12(18)9-13(14)16/h5-6,9,11,14-15,21H,2-4,7-8,10H2,1H3,(H,19,22). The van der Waals surface area contributed by atoms with Crippen LogP contribution in [0.4, 0.5) is 9.18 Å². The summed E-state index contributed by atoms with van der Waals surface area (Å²) in [6, 6.07) is 4.46. The monoisotopic (exact) mass is 338 g/mol. The number of nitrogens with zero attached hydrogens (tertiary/aromatic N) is 1. The lowest BCUT2D eigenvalue weighted by molar-refractivity contribution is 0.113. The van der Waals surface area contributed by atoms with Crippen LogP contribution in [0.5, 0.6) is 0 Å². The molecule has 6 heteroatoms. The molecule has 23 heavy (non-hydrogen) atoms. The predicted molar refractivity (Wildman–Crippen MR) is 89.0 cm³/mol. The van der Waals surface area contributed by atoms with Crippen molar-refractivity contribution in [2.45, 2.75) is 42.7 Å². The van der Waals surface area contributed by atoms with Gasteiger partial charge < -0.3 is 15.3 Å². The lowest BCUT2D eigenvalue weighted by Gasteiger charge is -2.29. The van der Waals surface area contributed by atoms with Crippen LogP contribution in [-0.2, 0) is 0 Å². The van der Waals surface area contributed by atoms with Gasteiger partial charge in [0, 0.05) is 30.2 Å². The Morgan fingerprint density at radius 3 is 3.00 bits per heavy atom. The number of carbonyl (C=O) groups excluding carboxylic acids is 1. The van der Waals surface area contributed by atoms with Crippen molar-refractivity contribution in [2.24, 2.45) is 5.92 Å². The number of halogens is 1. The molecule has 4 nitrogen and oxygen atoms in total. The number of amides is 2. The van der Waals surface area contributed by atoms with E-state index in [1.165, 1.54) is 12.1 Å². The number of urea groups is 1. The Kier molecular flexibility index (Phi) is 5.11. The van der Waals surface area contributed by atoms with Gasteiger partial charge in [0.25, 0.3) is 0 Å². The summed E-state index contributed by atoms with van der Waals surface area (Å²) in [5.41, 5.74) is 0.865. The highest BCUT2D eigenvalue weighted by Gasteiger charge is 2.29. The van der Waals surface area contributed by atoms with E-state index in [0.717, 1.165) is 41.9 Å². The summed E-state index contributed by atoms with van der Waals surface area (Å²) < 4.78 is 13.5. The fourth-order valence-corrected chi connectivity index (χ4v) is 4.54. The summed E-state index contributed by atoms with van der Waals surface area (Å²) >= 11 is 1.70. The van der Waals surface area contributed by atoms with Gasteiger partial charge in [0.05, 0.1) is 12.1 Å². The maximum absolute atomic E-state index is 13.5. The molecule has 1 aromatic rings. The summed E-state index contributed by atoms with van der Waals surface area (Å²) in [6.45, 7) is 0.560. The molecule has 1 saturated carbocycles. The van der Waals surface area contributed by atoms with E-state index in [9.17, 15) is 14.3 Å². The molecule has 3 unspecified atom stereocenters. The number of nitrogens with one attached hydrogen (secondary N) is 1. The minimum Gasteiger partial charge on any atom is -0.393 e. The molecular formula is C17H23FN2O2S. The third-order valence-electron chi connectivity index (χ3n) is 4.78. The van der Waals surface area contributed by atoms with Gasteiger partial charge in [-0.15, -0.1) is 11.8 Å². The molecule has 0 radical (unpaired) electrons. The van der Waals surface area contributed by atoms with Crippen LogP contribution in [-0.4, -0.2) is 41.5 Å². The van der Waals surface area contributed by atoms with Gasteiger partial charge in [-0.1, -0.05) is 6.42 Å². The van der Waals surface area contributed by atoms with Crippen molar-refractivity contribution < 1.29 is 14.3 Å². The molecule has 2 amide bonds. The number of benzene rings is 1. The number of aliphatic hydroxyl groups is 1. The van der Waals surface area contributed by atoms with Crippen LogP contribution in [0.3, 0.4) is 0 Å². The summed E-state index contributed by atoms with van der Waals surface area (Å²) in [7, 11) is 1.75. The fourth-order valence-electron chi connectivity index (χ4n) is 3.44. The van der Waals surface area contributed by atoms with E-state index in [4.69, 9.17) is 0 Å². The maximum Gasteiger partial charge on any atom is 0.317 e. The van der Waals surface area contributed by atoms with E-state index in [0.29, 0.717) is 6.54 Å². The lowest BCUT2D eigenvalue weighted by atomic mass is 10.0. The molecule has 0 aromatic heterocycles. The number of carbonyl (C=O) groups is 1. The molecule has 3 atom stereocenters. The van der Waals surface area contributed by atoms with Crippen molar-refractivity contribution in [1.29, 1.82) is 0 Å². The number of thioether (sulfide) groups is 1. The first kappa shape index (κ1) is 16.6. The van der Waals surface area contributed by atoms with Crippen LogP contribution in [0.25, 0.3) is 0 Å². The molecule has 0 spiro atoms. The van der Waals surface area contributed by atoms with Crippen molar-refractivity contribution >= 4 is 17.8 Å². The van der Waals surface area contributed by atoms with Crippen molar-refractivity contribution in [1.82, 2.24) is 10.2 Å². The number of hydrogen-bond acceptors (Lipinski definition) is 3. The molecule has 3 rings (SSSR count). The second-order valence-electron chi connectivity index (χ2n) is 6.46. The molecule has 1 fully saturated rings. The van der Waals surface area contributed by atoms with Gasteiger partial charge in [-0.3, -0.25) is 0 Å². The van der Waals surface area contributed by atoms with Crippen LogP contribution >= 0.6 is 11.8 Å². The Hall–Kier alpha value is -1.27. The summed E-state index contributed by atoms with van der Waals surface area (Å²) in [4.78, 5) is 15.1. The zero-order valence-corrected chi connectivity index (χ0v) is 14.1. The van der Waals surface area contributed by atoms with E-state index in [-0.39, 0.29) is 29.9 Å². The average Bonchev–Trinajstić information content (AvgIpc) is 2.93. The first-order valence-electron chi connectivity index (χ1n) is 8.16. The van der Waals surface area contributed by atoms with Crippen LogP contribution in [0, 0.1) is 11.7 Å². The minimum atomic E-state index is -0.300. The lowest BCUT2D eigenvalue weighted by Crippen LogP contribution is -2.43. The largest absolute Gasteiger partial charge is 0.393 e. The zero-order valence-electron chi connectivity index (χ0n) is 13.3. The Balaban J connectivity index is 1.63. The second-order valence-corrected chi connectivity index (χ2v) is 7.60. The molecule has 1 heterocycles. The van der Waals surface area contributed by atoms with Gasteiger partial charge in [-0.2, -0.15) is 0 Å². The average molecular weight is 338 g/mol. The molecule has 1 aliphatic carbocycles. The number of rotatable bonds is 3. The van der Waals surface area contributed by atoms with Gasteiger partial charge in [-0.05, 0) is 43.0 Å². The second kappa shape index (κ2) is 7.09. The molecule has 1 aliphatic heterocycles. The van der Waals surface area contributed by atoms with E-state index in [1.54, 1.807) is 29.8 Å². The van der Waals surface area contributed by atoms with Crippen LogP contribution < -0.4 is 5.32 Å². The quantitative estimate of drug-likeness (QED) is 0.890. The molecule has 0 bridgehead atoms. The van der Waals surface area contributed by atoms with Crippen molar-refractivity contribution in [3.8, 4) is 0 Å². The van der Waals surface area contributed by atoms with Crippen molar-refractivity contribution in [3.05, 3.63) is 29.6 Å². The Bertz CT molecular complexity index is 584. The topological polar surface area (TPSA) is 52.6 Å². The first-order chi connectivity index (χ1) is 11.0. The third kappa shape index (κ3) is 3.80. The van der Waals surface area contributed by atoms with Crippen LogP contribution in [0.1, 0.15) is 37.3 Å². The third-order valence-corrected chi connectivity index (χ3v) is 5.91. The van der Waals surface area contributed by atoms with Crippen molar-refractivity contribution in [2.75, 3.05) is 19.3 Å².